The van der Waals surface area contributed by atoms with Gasteiger partial charge in [-0.1, -0.05) is 15.9 Å². The van der Waals surface area contributed by atoms with Crippen LogP contribution in [0.4, 0.5) is 5.69 Å². The molecule has 4 nitrogen and oxygen atoms in total. The molecule has 0 saturated heterocycles. The molecule has 1 N–H and O–H groups in total. The zero-order valence-electron chi connectivity index (χ0n) is 10.4. The number of aromatic nitrogens is 1. The number of hydrogen-bond acceptors (Lipinski definition) is 4. The maximum Gasteiger partial charge on any atom is 0.213 e. The summed E-state index contributed by atoms with van der Waals surface area (Å²) in [5, 5.41) is 12.3. The lowest BCUT2D eigenvalue weighted by Gasteiger charge is -2.09. The lowest BCUT2D eigenvalue weighted by atomic mass is 10.2. The van der Waals surface area contributed by atoms with E-state index in [1.165, 1.54) is 0 Å². The Morgan fingerprint density at radius 3 is 2.95 bits per heavy atom. The Balaban J connectivity index is 2.14. The molecule has 2 rings (SSSR count). The van der Waals surface area contributed by atoms with Crippen molar-refractivity contribution in [2.45, 2.75) is 6.54 Å². The third kappa shape index (κ3) is 3.46. The summed E-state index contributed by atoms with van der Waals surface area (Å²) in [4.78, 5) is 4.05. The van der Waals surface area contributed by atoms with E-state index in [2.05, 4.69) is 32.3 Å². The smallest absolute Gasteiger partial charge is 0.213 e. The van der Waals surface area contributed by atoms with Crippen LogP contribution >= 0.6 is 15.9 Å². The Morgan fingerprint density at radius 1 is 1.37 bits per heavy atom. The van der Waals surface area contributed by atoms with Crippen molar-refractivity contribution >= 4 is 21.6 Å². The van der Waals surface area contributed by atoms with E-state index in [-0.39, 0.29) is 0 Å². The van der Waals surface area contributed by atoms with Gasteiger partial charge < -0.3 is 10.1 Å². The highest BCUT2D eigenvalue weighted by Gasteiger charge is 2.03. The molecule has 0 atom stereocenters. The molecule has 0 saturated carbocycles. The second kappa shape index (κ2) is 6.21. The number of pyridine rings is 1. The maximum absolute atomic E-state index is 9.05. The van der Waals surface area contributed by atoms with Gasteiger partial charge in [-0.05, 0) is 29.8 Å². The number of nitrogens with zero attached hydrogens (tertiary/aromatic N) is 2. The predicted molar refractivity (Wildman–Crippen MR) is 77.0 cm³/mol. The van der Waals surface area contributed by atoms with Crippen molar-refractivity contribution < 1.29 is 4.74 Å². The van der Waals surface area contributed by atoms with Crippen LogP contribution in [0.1, 0.15) is 11.1 Å². The number of halogens is 1. The van der Waals surface area contributed by atoms with Gasteiger partial charge >= 0.3 is 0 Å². The summed E-state index contributed by atoms with van der Waals surface area (Å²) in [6.45, 7) is 0.601. The minimum atomic E-state index is 0.578. The van der Waals surface area contributed by atoms with Crippen LogP contribution in [0.25, 0.3) is 0 Å². The van der Waals surface area contributed by atoms with Gasteiger partial charge in [0.25, 0.3) is 0 Å². The van der Waals surface area contributed by atoms with Gasteiger partial charge in [-0.15, -0.1) is 0 Å². The van der Waals surface area contributed by atoms with Gasteiger partial charge in [0.05, 0.1) is 18.4 Å². The van der Waals surface area contributed by atoms with E-state index < -0.39 is 0 Å². The first-order valence-electron chi connectivity index (χ1n) is 5.65. The molecule has 0 fully saturated rings. The highest BCUT2D eigenvalue weighted by Crippen LogP contribution is 2.21. The van der Waals surface area contributed by atoms with Crippen molar-refractivity contribution in [3.8, 4) is 11.9 Å². The summed E-state index contributed by atoms with van der Waals surface area (Å²) in [6, 6.07) is 11.4. The minimum Gasteiger partial charge on any atom is -0.481 e. The molecule has 0 bridgehead atoms. The monoisotopic (exact) mass is 317 g/mol. The molecule has 0 amide bonds. The largest absolute Gasteiger partial charge is 0.481 e. The van der Waals surface area contributed by atoms with E-state index in [0.29, 0.717) is 18.0 Å². The van der Waals surface area contributed by atoms with Crippen LogP contribution < -0.4 is 10.1 Å². The van der Waals surface area contributed by atoms with Gasteiger partial charge in [-0.25, -0.2) is 4.98 Å². The number of rotatable bonds is 4. The SMILES string of the molecule is COc1cc(CNc2cc(Br)ccc2C#N)ccn1. The molecule has 96 valence electrons. The second-order valence-corrected chi connectivity index (χ2v) is 4.78. The van der Waals surface area contributed by atoms with E-state index in [0.717, 1.165) is 15.7 Å². The molecule has 1 aromatic carbocycles. The molecule has 1 heterocycles. The number of nitriles is 1. The van der Waals surface area contributed by atoms with E-state index >= 15 is 0 Å². The highest BCUT2D eigenvalue weighted by atomic mass is 79.9. The third-order valence-corrected chi connectivity index (χ3v) is 3.09. The molecule has 2 aromatic rings. The lowest BCUT2D eigenvalue weighted by Crippen LogP contribution is -2.02. The van der Waals surface area contributed by atoms with E-state index in [4.69, 9.17) is 10.00 Å². The van der Waals surface area contributed by atoms with Gasteiger partial charge in [-0.2, -0.15) is 5.26 Å². The quantitative estimate of drug-likeness (QED) is 0.939. The van der Waals surface area contributed by atoms with Crippen molar-refractivity contribution in [1.82, 2.24) is 4.98 Å². The first kappa shape index (κ1) is 13.4. The zero-order valence-corrected chi connectivity index (χ0v) is 11.9. The van der Waals surface area contributed by atoms with Crippen molar-refractivity contribution in [3.05, 3.63) is 52.1 Å². The number of nitrogens with one attached hydrogen (secondary N) is 1. The zero-order chi connectivity index (χ0) is 13.7. The summed E-state index contributed by atoms with van der Waals surface area (Å²) in [6.07, 6.45) is 1.70. The van der Waals surface area contributed by atoms with Gasteiger partial charge in [0, 0.05) is 23.3 Å². The molecule has 19 heavy (non-hydrogen) atoms. The molecular formula is C14H12BrN3O. The fourth-order valence-electron chi connectivity index (χ4n) is 1.63. The van der Waals surface area contributed by atoms with Crippen LogP contribution in [0.3, 0.4) is 0 Å². The minimum absolute atomic E-state index is 0.578. The molecule has 0 radical (unpaired) electrons. The van der Waals surface area contributed by atoms with E-state index in [1.807, 2.05) is 24.3 Å². The van der Waals surface area contributed by atoms with Crippen LogP contribution in [-0.2, 0) is 6.54 Å². The predicted octanol–water partition coefficient (Wildman–Crippen LogP) is 3.34. The number of methoxy groups -OCH3 is 1. The van der Waals surface area contributed by atoms with Crippen molar-refractivity contribution in [1.29, 1.82) is 5.26 Å². The van der Waals surface area contributed by atoms with Crippen LogP contribution in [0, 0.1) is 11.3 Å². The Hall–Kier alpha value is -2.06. The Kier molecular flexibility index (Phi) is 4.37. The molecule has 0 aliphatic heterocycles. The molecule has 0 unspecified atom stereocenters. The highest BCUT2D eigenvalue weighted by molar-refractivity contribution is 9.10. The number of ether oxygens (including phenoxy) is 1. The molecule has 0 aliphatic rings. The van der Waals surface area contributed by atoms with Crippen LogP contribution in [0.5, 0.6) is 5.88 Å². The number of benzene rings is 1. The maximum atomic E-state index is 9.05. The van der Waals surface area contributed by atoms with E-state index in [1.54, 1.807) is 19.4 Å². The van der Waals surface area contributed by atoms with Gasteiger partial charge in [0.15, 0.2) is 0 Å². The summed E-state index contributed by atoms with van der Waals surface area (Å²) in [5.74, 6) is 0.578. The van der Waals surface area contributed by atoms with Crippen LogP contribution in [0.2, 0.25) is 0 Å². The fourth-order valence-corrected chi connectivity index (χ4v) is 1.99. The van der Waals surface area contributed by atoms with E-state index in [9.17, 15) is 0 Å². The summed E-state index contributed by atoms with van der Waals surface area (Å²) >= 11 is 3.40. The van der Waals surface area contributed by atoms with Gasteiger partial charge in [0.1, 0.15) is 6.07 Å². The molecule has 0 spiro atoms. The number of hydrogen-bond donors (Lipinski definition) is 1. The van der Waals surface area contributed by atoms with Crippen molar-refractivity contribution in [3.63, 3.8) is 0 Å². The van der Waals surface area contributed by atoms with Crippen LogP contribution in [-0.4, -0.2) is 12.1 Å². The molecule has 1 aromatic heterocycles. The standard InChI is InChI=1S/C14H12BrN3O/c1-19-14-6-10(4-5-17-14)9-18-13-7-12(15)3-2-11(13)8-16/h2-7,18H,9H2,1H3. The van der Waals surface area contributed by atoms with Crippen LogP contribution in [0.15, 0.2) is 41.0 Å². The average Bonchev–Trinajstić information content (AvgIpc) is 2.45. The second-order valence-electron chi connectivity index (χ2n) is 3.86. The van der Waals surface area contributed by atoms with Crippen molar-refractivity contribution in [2.24, 2.45) is 0 Å². The first-order chi connectivity index (χ1) is 9.22. The summed E-state index contributed by atoms with van der Waals surface area (Å²) in [7, 11) is 1.58. The van der Waals surface area contributed by atoms with Gasteiger partial charge in [0.2, 0.25) is 5.88 Å². The topological polar surface area (TPSA) is 57.9 Å². The average molecular weight is 318 g/mol. The summed E-state index contributed by atoms with van der Waals surface area (Å²) < 4.78 is 6.00. The third-order valence-electron chi connectivity index (χ3n) is 2.59. The first-order valence-corrected chi connectivity index (χ1v) is 6.44. The van der Waals surface area contributed by atoms with Crippen molar-refractivity contribution in [2.75, 3.05) is 12.4 Å². The molecule has 5 heteroatoms. The Bertz CT molecular complexity index is 622. The Morgan fingerprint density at radius 2 is 2.21 bits per heavy atom. The number of anilines is 1. The molecule has 0 aliphatic carbocycles. The molecular weight excluding hydrogens is 306 g/mol. The Labute approximate surface area is 120 Å². The lowest BCUT2D eigenvalue weighted by molar-refractivity contribution is 0.397. The fraction of sp³-hybridized carbons (Fsp3) is 0.143. The summed E-state index contributed by atoms with van der Waals surface area (Å²) in [5.41, 5.74) is 2.45. The van der Waals surface area contributed by atoms with Gasteiger partial charge in [-0.3, -0.25) is 0 Å². The normalized spacial score (nSPS) is 9.74.